The van der Waals surface area contributed by atoms with E-state index in [0.717, 1.165) is 30.0 Å². The third kappa shape index (κ3) is 2.44. The van der Waals surface area contributed by atoms with Crippen molar-refractivity contribution in [1.82, 2.24) is 10.1 Å². The second-order valence-corrected chi connectivity index (χ2v) is 5.09. The predicted molar refractivity (Wildman–Crippen MR) is 60.6 cm³/mol. The van der Waals surface area contributed by atoms with Crippen LogP contribution in [0, 0.1) is 5.92 Å². The lowest BCUT2D eigenvalue weighted by molar-refractivity contribution is 0.213. The maximum atomic E-state index is 5.52. The molecule has 3 rings (SSSR count). The van der Waals surface area contributed by atoms with Gasteiger partial charge in [0, 0.05) is 25.2 Å². The zero-order valence-corrected chi connectivity index (χ0v) is 9.56. The fraction of sp³-hybridized carbons (Fsp3) is 0.750. The van der Waals surface area contributed by atoms with Gasteiger partial charge in [-0.2, -0.15) is 0 Å². The summed E-state index contributed by atoms with van der Waals surface area (Å²) in [6.45, 7) is 2.62. The van der Waals surface area contributed by atoms with Crippen LogP contribution in [-0.4, -0.2) is 22.6 Å². The minimum Gasteiger partial charge on any atom is -0.360 e. The first kappa shape index (κ1) is 10.3. The van der Waals surface area contributed by atoms with E-state index >= 15 is 0 Å². The summed E-state index contributed by atoms with van der Waals surface area (Å²) in [4.78, 5) is 2.55. The normalized spacial score (nSPS) is 20.6. The van der Waals surface area contributed by atoms with E-state index in [1.54, 1.807) is 0 Å². The van der Waals surface area contributed by atoms with Crippen molar-refractivity contribution in [3.05, 3.63) is 17.5 Å². The van der Waals surface area contributed by atoms with Gasteiger partial charge in [0.25, 0.3) is 0 Å². The zero-order valence-electron chi connectivity index (χ0n) is 9.56. The van der Waals surface area contributed by atoms with Gasteiger partial charge in [0.05, 0.1) is 12.2 Å². The fourth-order valence-corrected chi connectivity index (χ4v) is 2.14. The molecule has 1 aromatic heterocycles. The lowest BCUT2D eigenvalue weighted by Gasteiger charge is -2.19. The molecular formula is C12H19N3O. The molecule has 0 spiro atoms. The maximum absolute atomic E-state index is 5.52. The SMILES string of the molecule is NCc1cc(CN(CC2CC2)C2CC2)on1. The smallest absolute Gasteiger partial charge is 0.151 e. The minimum atomic E-state index is 0.468. The van der Waals surface area contributed by atoms with Gasteiger partial charge in [0.2, 0.25) is 0 Å². The monoisotopic (exact) mass is 221 g/mol. The van der Waals surface area contributed by atoms with Crippen LogP contribution in [0.5, 0.6) is 0 Å². The molecule has 0 radical (unpaired) electrons. The maximum Gasteiger partial charge on any atom is 0.151 e. The molecule has 0 saturated heterocycles. The summed E-state index contributed by atoms with van der Waals surface area (Å²) in [5, 5.41) is 3.94. The Bertz CT molecular complexity index is 355. The van der Waals surface area contributed by atoms with Crippen LogP contribution < -0.4 is 5.73 Å². The molecule has 1 heterocycles. The number of hydrogen-bond acceptors (Lipinski definition) is 4. The number of nitrogens with zero attached hydrogens (tertiary/aromatic N) is 2. The van der Waals surface area contributed by atoms with E-state index in [-0.39, 0.29) is 0 Å². The highest BCUT2D eigenvalue weighted by Crippen LogP contribution is 2.35. The van der Waals surface area contributed by atoms with Crippen LogP contribution in [0.4, 0.5) is 0 Å². The first-order valence-electron chi connectivity index (χ1n) is 6.23. The van der Waals surface area contributed by atoms with Gasteiger partial charge in [0.1, 0.15) is 0 Å². The standard InChI is InChI=1S/C12H19N3O/c13-6-10-5-12(16-14-10)8-15(11-3-4-11)7-9-1-2-9/h5,9,11H,1-4,6-8,13H2. The molecule has 2 N–H and O–H groups in total. The largest absolute Gasteiger partial charge is 0.360 e. The molecule has 0 bridgehead atoms. The average Bonchev–Trinajstić information content (AvgIpc) is 3.17. The molecule has 2 fully saturated rings. The highest BCUT2D eigenvalue weighted by molar-refractivity contribution is 5.05. The zero-order chi connectivity index (χ0) is 11.0. The second-order valence-electron chi connectivity index (χ2n) is 5.09. The summed E-state index contributed by atoms with van der Waals surface area (Å²) in [6.07, 6.45) is 5.52. The Balaban J connectivity index is 1.60. The van der Waals surface area contributed by atoms with Gasteiger partial charge in [-0.15, -0.1) is 0 Å². The van der Waals surface area contributed by atoms with E-state index in [0.29, 0.717) is 6.54 Å². The van der Waals surface area contributed by atoms with Crippen LogP contribution in [-0.2, 0) is 13.1 Å². The van der Waals surface area contributed by atoms with Gasteiger partial charge in [-0.1, -0.05) is 5.16 Å². The summed E-state index contributed by atoms with van der Waals surface area (Å²) >= 11 is 0. The van der Waals surface area contributed by atoms with E-state index in [4.69, 9.17) is 10.3 Å². The van der Waals surface area contributed by atoms with E-state index < -0.39 is 0 Å². The highest BCUT2D eigenvalue weighted by atomic mass is 16.5. The van der Waals surface area contributed by atoms with Crippen molar-refractivity contribution in [2.75, 3.05) is 6.54 Å². The van der Waals surface area contributed by atoms with Crippen molar-refractivity contribution in [2.45, 2.75) is 44.8 Å². The van der Waals surface area contributed by atoms with E-state index in [1.807, 2.05) is 6.07 Å². The van der Waals surface area contributed by atoms with Crippen LogP contribution in [0.3, 0.4) is 0 Å². The molecule has 4 heteroatoms. The molecule has 16 heavy (non-hydrogen) atoms. The molecule has 1 aromatic rings. The Morgan fingerprint density at radius 2 is 2.19 bits per heavy atom. The number of rotatable bonds is 6. The molecule has 0 unspecified atom stereocenters. The summed E-state index contributed by atoms with van der Waals surface area (Å²) in [6, 6.07) is 2.79. The third-order valence-corrected chi connectivity index (χ3v) is 3.43. The highest BCUT2D eigenvalue weighted by Gasteiger charge is 2.34. The number of hydrogen-bond donors (Lipinski definition) is 1. The van der Waals surface area contributed by atoms with Crippen molar-refractivity contribution in [3.63, 3.8) is 0 Å². The van der Waals surface area contributed by atoms with Crippen molar-refractivity contribution in [1.29, 1.82) is 0 Å². The van der Waals surface area contributed by atoms with E-state index in [1.165, 1.54) is 32.2 Å². The Labute approximate surface area is 95.8 Å². The Hall–Kier alpha value is -0.870. The molecular weight excluding hydrogens is 202 g/mol. The van der Waals surface area contributed by atoms with Crippen LogP contribution in [0.1, 0.15) is 37.1 Å². The van der Waals surface area contributed by atoms with Crippen molar-refractivity contribution < 1.29 is 4.52 Å². The fourth-order valence-electron chi connectivity index (χ4n) is 2.14. The van der Waals surface area contributed by atoms with Gasteiger partial charge in [0.15, 0.2) is 5.76 Å². The quantitative estimate of drug-likeness (QED) is 0.791. The molecule has 88 valence electrons. The average molecular weight is 221 g/mol. The topological polar surface area (TPSA) is 55.3 Å². The van der Waals surface area contributed by atoms with Gasteiger partial charge in [-0.3, -0.25) is 4.90 Å². The van der Waals surface area contributed by atoms with Crippen LogP contribution in [0.2, 0.25) is 0 Å². The molecule has 0 aromatic carbocycles. The van der Waals surface area contributed by atoms with Crippen molar-refractivity contribution in [2.24, 2.45) is 11.7 Å². The molecule has 4 nitrogen and oxygen atoms in total. The molecule has 2 aliphatic rings. The van der Waals surface area contributed by atoms with Crippen molar-refractivity contribution >= 4 is 0 Å². The molecule has 2 aliphatic carbocycles. The molecule has 0 aliphatic heterocycles. The lowest BCUT2D eigenvalue weighted by atomic mass is 10.3. The Morgan fingerprint density at radius 1 is 1.38 bits per heavy atom. The van der Waals surface area contributed by atoms with Gasteiger partial charge in [-0.05, 0) is 31.6 Å². The van der Waals surface area contributed by atoms with Gasteiger partial charge < -0.3 is 10.3 Å². The summed E-state index contributed by atoms with van der Waals surface area (Å²) < 4.78 is 5.29. The second kappa shape index (κ2) is 4.18. The van der Waals surface area contributed by atoms with E-state index in [2.05, 4.69) is 10.1 Å². The Morgan fingerprint density at radius 3 is 2.75 bits per heavy atom. The van der Waals surface area contributed by atoms with Gasteiger partial charge >= 0.3 is 0 Å². The predicted octanol–water partition coefficient (Wildman–Crippen LogP) is 1.51. The molecule has 0 amide bonds. The molecule has 0 atom stereocenters. The third-order valence-electron chi connectivity index (χ3n) is 3.43. The summed E-state index contributed by atoms with van der Waals surface area (Å²) in [5.41, 5.74) is 6.38. The lowest BCUT2D eigenvalue weighted by Crippen LogP contribution is -2.27. The first-order chi connectivity index (χ1) is 7.85. The van der Waals surface area contributed by atoms with Gasteiger partial charge in [-0.25, -0.2) is 0 Å². The number of aromatic nitrogens is 1. The minimum absolute atomic E-state index is 0.468. The van der Waals surface area contributed by atoms with Crippen LogP contribution in [0.25, 0.3) is 0 Å². The van der Waals surface area contributed by atoms with E-state index in [9.17, 15) is 0 Å². The summed E-state index contributed by atoms with van der Waals surface area (Å²) in [5.74, 6) is 1.91. The van der Waals surface area contributed by atoms with Crippen LogP contribution >= 0.6 is 0 Å². The summed E-state index contributed by atoms with van der Waals surface area (Å²) in [7, 11) is 0. The van der Waals surface area contributed by atoms with Crippen molar-refractivity contribution in [3.8, 4) is 0 Å². The number of nitrogens with two attached hydrogens (primary N) is 1. The molecule has 2 saturated carbocycles. The Kier molecular flexibility index (Phi) is 2.69. The van der Waals surface area contributed by atoms with Crippen LogP contribution in [0.15, 0.2) is 10.6 Å². The first-order valence-corrected chi connectivity index (χ1v) is 6.23.